The van der Waals surface area contributed by atoms with Crippen LogP contribution in [0, 0.1) is 11.8 Å². The molecule has 3 heteroatoms. The maximum Gasteiger partial charge on any atom is 0.0408 e. The normalized spacial score (nSPS) is 25.1. The second-order valence-corrected chi connectivity index (χ2v) is 6.57. The van der Waals surface area contributed by atoms with Crippen molar-refractivity contribution in [2.24, 2.45) is 11.8 Å². The number of nitrogens with zero attached hydrogens (tertiary/aromatic N) is 1. The van der Waals surface area contributed by atoms with Crippen LogP contribution in [-0.4, -0.2) is 13.1 Å². The lowest BCUT2D eigenvalue weighted by molar-refractivity contribution is 0.323. The highest BCUT2D eigenvalue weighted by Crippen LogP contribution is 2.31. The summed E-state index contributed by atoms with van der Waals surface area (Å²) in [5, 5.41) is 0.919. The van der Waals surface area contributed by atoms with Crippen molar-refractivity contribution in [3.05, 3.63) is 28.2 Å². The molecule has 1 aromatic rings. The quantitative estimate of drug-likeness (QED) is 0.683. The molecule has 0 saturated carbocycles. The van der Waals surface area contributed by atoms with Crippen molar-refractivity contribution in [1.29, 1.82) is 0 Å². The molecule has 0 amide bonds. The van der Waals surface area contributed by atoms with Crippen LogP contribution in [0.3, 0.4) is 0 Å². The van der Waals surface area contributed by atoms with Gasteiger partial charge in [0.25, 0.3) is 0 Å². The first kappa shape index (κ1) is 13.4. The predicted molar refractivity (Wildman–Crippen MR) is 81.9 cm³/mol. The summed E-state index contributed by atoms with van der Waals surface area (Å²) in [5.41, 5.74) is 2.77. The van der Waals surface area contributed by atoms with Crippen molar-refractivity contribution in [2.75, 3.05) is 18.0 Å². The molecule has 0 aliphatic carbocycles. The number of rotatable bonds is 2. The summed E-state index contributed by atoms with van der Waals surface area (Å²) in [4.78, 5) is 2.54. The Morgan fingerprint density at radius 2 is 2.06 bits per heavy atom. The van der Waals surface area contributed by atoms with Crippen LogP contribution in [0.4, 0.5) is 5.69 Å². The zero-order chi connectivity index (χ0) is 12.4. The zero-order valence-corrected chi connectivity index (χ0v) is 13.6. The summed E-state index contributed by atoms with van der Waals surface area (Å²) in [6, 6.07) is 6.60. The van der Waals surface area contributed by atoms with E-state index in [2.05, 4.69) is 68.8 Å². The first-order chi connectivity index (χ1) is 8.11. The number of hydrogen-bond acceptors (Lipinski definition) is 1. The van der Waals surface area contributed by atoms with Gasteiger partial charge in [0.15, 0.2) is 0 Å². The molecule has 1 fully saturated rings. The molecule has 1 nitrogen and oxygen atoms in total. The fraction of sp³-hybridized carbons (Fsp3) is 0.571. The summed E-state index contributed by atoms with van der Waals surface area (Å²) in [6.07, 6.45) is 1.30. The Kier molecular flexibility index (Phi) is 4.53. The Morgan fingerprint density at radius 3 is 2.71 bits per heavy atom. The van der Waals surface area contributed by atoms with Crippen LogP contribution in [0.15, 0.2) is 22.7 Å². The van der Waals surface area contributed by atoms with E-state index in [4.69, 9.17) is 0 Å². The Morgan fingerprint density at radius 1 is 1.29 bits per heavy atom. The van der Waals surface area contributed by atoms with Crippen molar-refractivity contribution in [2.45, 2.75) is 25.6 Å². The molecule has 1 saturated heterocycles. The van der Waals surface area contributed by atoms with Gasteiger partial charge >= 0.3 is 0 Å². The minimum Gasteiger partial charge on any atom is -0.371 e. The number of anilines is 1. The molecule has 1 aromatic carbocycles. The van der Waals surface area contributed by atoms with Crippen LogP contribution >= 0.6 is 31.9 Å². The van der Waals surface area contributed by atoms with Crippen LogP contribution in [-0.2, 0) is 5.33 Å². The minimum atomic E-state index is 0.788. The number of alkyl halides is 1. The van der Waals surface area contributed by atoms with E-state index in [0.29, 0.717) is 0 Å². The molecule has 0 N–H and O–H groups in total. The Hall–Kier alpha value is -0.0200. The monoisotopic (exact) mass is 359 g/mol. The maximum absolute atomic E-state index is 3.59. The molecule has 1 heterocycles. The van der Waals surface area contributed by atoms with Crippen LogP contribution in [0.2, 0.25) is 0 Å². The van der Waals surface area contributed by atoms with E-state index in [1.54, 1.807) is 0 Å². The molecule has 0 aromatic heterocycles. The van der Waals surface area contributed by atoms with E-state index >= 15 is 0 Å². The molecule has 94 valence electrons. The molecule has 2 atom stereocenters. The summed E-state index contributed by atoms with van der Waals surface area (Å²) >= 11 is 7.13. The Labute approximate surface area is 121 Å². The molecule has 0 radical (unpaired) electrons. The third-order valence-electron chi connectivity index (χ3n) is 3.86. The van der Waals surface area contributed by atoms with Gasteiger partial charge in [-0.3, -0.25) is 0 Å². The van der Waals surface area contributed by atoms with Gasteiger partial charge in [-0.2, -0.15) is 0 Å². The summed E-state index contributed by atoms with van der Waals surface area (Å²) < 4.78 is 1.16. The number of halogens is 2. The van der Waals surface area contributed by atoms with Crippen molar-refractivity contribution in [1.82, 2.24) is 0 Å². The van der Waals surface area contributed by atoms with Gasteiger partial charge in [-0.1, -0.05) is 45.7 Å². The minimum absolute atomic E-state index is 0.788. The van der Waals surface area contributed by atoms with Crippen molar-refractivity contribution in [3.63, 3.8) is 0 Å². The average Bonchev–Trinajstić information content (AvgIpc) is 2.32. The van der Waals surface area contributed by atoms with E-state index < -0.39 is 0 Å². The molecule has 0 bridgehead atoms. The second kappa shape index (κ2) is 5.75. The predicted octanol–water partition coefficient (Wildman–Crippen LogP) is 4.83. The molecule has 1 aliphatic heterocycles. The lowest BCUT2D eigenvalue weighted by Crippen LogP contribution is -2.38. The Balaban J connectivity index is 2.22. The molecular weight excluding hydrogens is 342 g/mol. The third-order valence-corrected chi connectivity index (χ3v) is 4.96. The number of hydrogen-bond donors (Lipinski definition) is 0. The van der Waals surface area contributed by atoms with Crippen LogP contribution in [0.1, 0.15) is 25.8 Å². The van der Waals surface area contributed by atoms with Crippen LogP contribution < -0.4 is 4.90 Å². The lowest BCUT2D eigenvalue weighted by Gasteiger charge is -2.37. The zero-order valence-electron chi connectivity index (χ0n) is 10.4. The summed E-state index contributed by atoms with van der Waals surface area (Å²) in [7, 11) is 0. The fourth-order valence-electron chi connectivity index (χ4n) is 2.45. The molecular formula is C14H19Br2N. The standard InChI is InChI=1S/C14H19Br2N/c1-10-5-6-17(9-11(10)2)14-4-3-13(16)7-12(14)8-15/h3-4,7,10-11H,5-6,8-9H2,1-2H3. The number of benzene rings is 1. The summed E-state index contributed by atoms with van der Waals surface area (Å²) in [6.45, 7) is 7.11. The summed E-state index contributed by atoms with van der Waals surface area (Å²) in [5.74, 6) is 1.64. The van der Waals surface area contributed by atoms with Gasteiger partial charge in [0.2, 0.25) is 0 Å². The van der Waals surface area contributed by atoms with E-state index in [9.17, 15) is 0 Å². The van der Waals surface area contributed by atoms with E-state index in [1.165, 1.54) is 30.8 Å². The number of piperidine rings is 1. The van der Waals surface area contributed by atoms with E-state index in [-0.39, 0.29) is 0 Å². The highest BCUT2D eigenvalue weighted by molar-refractivity contribution is 9.10. The van der Waals surface area contributed by atoms with Crippen molar-refractivity contribution < 1.29 is 0 Å². The van der Waals surface area contributed by atoms with Crippen LogP contribution in [0.5, 0.6) is 0 Å². The molecule has 0 spiro atoms. The third kappa shape index (κ3) is 3.05. The second-order valence-electron chi connectivity index (χ2n) is 5.10. The first-order valence-electron chi connectivity index (χ1n) is 6.21. The van der Waals surface area contributed by atoms with Crippen LogP contribution in [0.25, 0.3) is 0 Å². The van der Waals surface area contributed by atoms with Gasteiger partial charge in [-0.25, -0.2) is 0 Å². The largest absolute Gasteiger partial charge is 0.371 e. The smallest absolute Gasteiger partial charge is 0.0408 e. The molecule has 1 aliphatic rings. The highest BCUT2D eigenvalue weighted by Gasteiger charge is 2.23. The van der Waals surface area contributed by atoms with Gasteiger partial charge < -0.3 is 4.90 Å². The van der Waals surface area contributed by atoms with Gasteiger partial charge in [0.05, 0.1) is 0 Å². The van der Waals surface area contributed by atoms with Crippen molar-refractivity contribution in [3.8, 4) is 0 Å². The van der Waals surface area contributed by atoms with Gasteiger partial charge in [0, 0.05) is 28.6 Å². The van der Waals surface area contributed by atoms with Gasteiger partial charge in [0.1, 0.15) is 0 Å². The van der Waals surface area contributed by atoms with E-state index in [0.717, 1.165) is 21.6 Å². The Bertz CT molecular complexity index is 392. The molecule has 2 rings (SSSR count). The molecule has 2 unspecified atom stereocenters. The fourth-order valence-corrected chi connectivity index (χ4v) is 3.31. The lowest BCUT2D eigenvalue weighted by atomic mass is 9.88. The highest BCUT2D eigenvalue weighted by atomic mass is 79.9. The average molecular weight is 361 g/mol. The first-order valence-corrected chi connectivity index (χ1v) is 8.12. The van der Waals surface area contributed by atoms with E-state index in [1.807, 2.05) is 0 Å². The maximum atomic E-state index is 3.59. The van der Waals surface area contributed by atoms with Gasteiger partial charge in [-0.05, 0) is 42.0 Å². The molecule has 17 heavy (non-hydrogen) atoms. The SMILES string of the molecule is CC1CCN(c2ccc(Br)cc2CBr)CC1C. The topological polar surface area (TPSA) is 3.24 Å². The van der Waals surface area contributed by atoms with Gasteiger partial charge in [-0.15, -0.1) is 0 Å². The van der Waals surface area contributed by atoms with Crippen molar-refractivity contribution >= 4 is 37.5 Å².